The summed E-state index contributed by atoms with van der Waals surface area (Å²) in [5, 5.41) is 3.28. The van der Waals surface area contributed by atoms with Crippen LogP contribution >= 0.6 is 0 Å². The van der Waals surface area contributed by atoms with Gasteiger partial charge in [-0.1, -0.05) is 0 Å². The minimum atomic E-state index is -3.12. The number of aliphatic imine (C=N–C) groups is 1. The van der Waals surface area contributed by atoms with E-state index in [1.54, 1.807) is 21.0 Å². The van der Waals surface area contributed by atoms with Crippen molar-refractivity contribution in [1.82, 2.24) is 14.5 Å². The van der Waals surface area contributed by atoms with E-state index in [0.717, 1.165) is 31.9 Å². The Bertz CT molecular complexity index is 535. The number of piperidine rings is 1. The van der Waals surface area contributed by atoms with Crippen molar-refractivity contribution < 1.29 is 13.2 Å². The minimum absolute atomic E-state index is 0.119. The second-order valence-corrected chi connectivity index (χ2v) is 8.54. The minimum Gasteiger partial charge on any atom is -0.370 e. The molecule has 3 N–H and O–H groups in total. The van der Waals surface area contributed by atoms with Gasteiger partial charge in [-0.2, -0.15) is 0 Å². The molecule has 0 aromatic rings. The Labute approximate surface area is 145 Å². The number of nitrogens with one attached hydrogen (secondary N) is 1. The summed E-state index contributed by atoms with van der Waals surface area (Å²) in [5.74, 6) is 0.930. The van der Waals surface area contributed by atoms with Crippen LogP contribution in [0, 0.1) is 5.92 Å². The lowest BCUT2D eigenvalue weighted by atomic mass is 9.95. The molecule has 1 amide bonds. The summed E-state index contributed by atoms with van der Waals surface area (Å²) in [5.41, 5.74) is 5.29. The number of sulfonamides is 1. The quantitative estimate of drug-likeness (QED) is 0.354. The molecule has 0 radical (unpaired) electrons. The number of carbonyl (C=O) groups is 1. The Morgan fingerprint density at radius 1 is 1.46 bits per heavy atom. The number of amides is 1. The maximum Gasteiger partial charge on any atom is 0.217 e. The number of rotatable bonds is 8. The molecule has 9 heteroatoms. The molecule has 0 saturated carbocycles. The van der Waals surface area contributed by atoms with Gasteiger partial charge in [-0.15, -0.1) is 0 Å². The molecule has 0 aromatic carbocycles. The monoisotopic (exact) mass is 361 g/mol. The molecular formula is C15H31N5O3S. The molecule has 1 atom stereocenters. The molecule has 1 rings (SSSR count). The Kier molecular flexibility index (Phi) is 8.47. The maximum absolute atomic E-state index is 11.7. The van der Waals surface area contributed by atoms with Crippen LogP contribution in [0.3, 0.4) is 0 Å². The van der Waals surface area contributed by atoms with Gasteiger partial charge in [-0.25, -0.2) is 12.7 Å². The predicted molar refractivity (Wildman–Crippen MR) is 96.2 cm³/mol. The highest BCUT2D eigenvalue weighted by Crippen LogP contribution is 2.19. The second kappa shape index (κ2) is 9.83. The van der Waals surface area contributed by atoms with E-state index in [9.17, 15) is 13.2 Å². The number of hydrogen-bond acceptors (Lipinski definition) is 4. The third kappa shape index (κ3) is 6.64. The van der Waals surface area contributed by atoms with Gasteiger partial charge in [0.1, 0.15) is 0 Å². The highest BCUT2D eigenvalue weighted by Gasteiger charge is 2.23. The Hall–Kier alpha value is -1.35. The standard InChI is InChI=1S/C15H31N5O3S/c1-4-24(22,23)19(3)9-6-8-18-15(17-2)20-10-5-7-13(12-20)11-14(16)21/h13H,4-12H2,1-3H3,(H2,16,21)(H,17,18). The number of nitrogens with zero attached hydrogens (tertiary/aromatic N) is 3. The van der Waals surface area contributed by atoms with Crippen molar-refractivity contribution in [3.63, 3.8) is 0 Å². The molecule has 0 aliphatic carbocycles. The summed E-state index contributed by atoms with van der Waals surface area (Å²) >= 11 is 0. The fraction of sp³-hybridized carbons (Fsp3) is 0.867. The van der Waals surface area contributed by atoms with Crippen molar-refractivity contribution in [2.45, 2.75) is 32.6 Å². The van der Waals surface area contributed by atoms with E-state index in [1.165, 1.54) is 4.31 Å². The van der Waals surface area contributed by atoms with Crippen LogP contribution in [0.25, 0.3) is 0 Å². The number of carbonyl (C=O) groups excluding carboxylic acids is 1. The number of hydrogen-bond donors (Lipinski definition) is 2. The highest BCUT2D eigenvalue weighted by atomic mass is 32.2. The van der Waals surface area contributed by atoms with Gasteiger partial charge in [0.15, 0.2) is 5.96 Å². The van der Waals surface area contributed by atoms with Crippen LogP contribution in [0.4, 0.5) is 0 Å². The fourth-order valence-electron chi connectivity index (χ4n) is 2.90. The van der Waals surface area contributed by atoms with E-state index >= 15 is 0 Å². The Morgan fingerprint density at radius 2 is 2.17 bits per heavy atom. The van der Waals surface area contributed by atoms with Crippen molar-refractivity contribution in [1.29, 1.82) is 0 Å². The third-order valence-electron chi connectivity index (χ3n) is 4.29. The molecule has 1 fully saturated rings. The molecule has 0 aromatic heterocycles. The van der Waals surface area contributed by atoms with E-state index in [0.29, 0.717) is 25.9 Å². The molecule has 24 heavy (non-hydrogen) atoms. The van der Waals surface area contributed by atoms with Crippen LogP contribution < -0.4 is 11.1 Å². The van der Waals surface area contributed by atoms with Crippen molar-refractivity contribution in [2.75, 3.05) is 46.0 Å². The van der Waals surface area contributed by atoms with Gasteiger partial charge in [-0.3, -0.25) is 9.79 Å². The lowest BCUT2D eigenvalue weighted by molar-refractivity contribution is -0.119. The average Bonchev–Trinajstić information content (AvgIpc) is 2.54. The number of likely N-dealkylation sites (tertiary alicyclic amines) is 1. The van der Waals surface area contributed by atoms with Crippen molar-refractivity contribution >= 4 is 21.9 Å². The Morgan fingerprint density at radius 3 is 2.75 bits per heavy atom. The lowest BCUT2D eigenvalue weighted by Crippen LogP contribution is -2.47. The summed E-state index contributed by atoms with van der Waals surface area (Å²) in [6.07, 6.45) is 3.13. The first kappa shape index (κ1) is 20.7. The largest absolute Gasteiger partial charge is 0.370 e. The van der Waals surface area contributed by atoms with E-state index in [4.69, 9.17) is 5.73 Å². The first-order valence-electron chi connectivity index (χ1n) is 8.48. The Balaban J connectivity index is 2.41. The third-order valence-corrected chi connectivity index (χ3v) is 6.15. The van der Waals surface area contributed by atoms with Crippen molar-refractivity contribution in [2.24, 2.45) is 16.6 Å². The van der Waals surface area contributed by atoms with Gasteiger partial charge in [0.05, 0.1) is 5.75 Å². The van der Waals surface area contributed by atoms with Crippen LogP contribution in [-0.4, -0.2) is 75.5 Å². The fourth-order valence-corrected chi connectivity index (χ4v) is 3.75. The second-order valence-electron chi connectivity index (χ2n) is 6.17. The molecule has 1 unspecified atom stereocenters. The predicted octanol–water partition coefficient (Wildman–Crippen LogP) is -0.179. The van der Waals surface area contributed by atoms with Crippen LogP contribution in [0.5, 0.6) is 0 Å². The maximum atomic E-state index is 11.7. The van der Waals surface area contributed by atoms with Gasteiger partial charge in [-0.05, 0) is 32.1 Å². The zero-order chi connectivity index (χ0) is 18.2. The summed E-state index contributed by atoms with van der Waals surface area (Å²) in [6, 6.07) is 0. The molecule has 1 heterocycles. The van der Waals surface area contributed by atoms with Crippen molar-refractivity contribution in [3.8, 4) is 0 Å². The molecule has 0 spiro atoms. The highest BCUT2D eigenvalue weighted by molar-refractivity contribution is 7.89. The summed E-state index contributed by atoms with van der Waals surface area (Å²) < 4.78 is 24.8. The van der Waals surface area contributed by atoms with Crippen LogP contribution in [0.1, 0.15) is 32.6 Å². The zero-order valence-electron chi connectivity index (χ0n) is 15.0. The van der Waals surface area contributed by atoms with Gasteiger partial charge in [0.2, 0.25) is 15.9 Å². The van der Waals surface area contributed by atoms with E-state index in [1.807, 2.05) is 0 Å². The smallest absolute Gasteiger partial charge is 0.217 e. The first-order valence-corrected chi connectivity index (χ1v) is 10.1. The SMILES string of the molecule is CCS(=O)(=O)N(C)CCCNC(=NC)N1CCCC(CC(N)=O)C1. The van der Waals surface area contributed by atoms with Gasteiger partial charge < -0.3 is 16.0 Å². The molecule has 8 nitrogen and oxygen atoms in total. The van der Waals surface area contributed by atoms with Crippen molar-refractivity contribution in [3.05, 3.63) is 0 Å². The summed E-state index contributed by atoms with van der Waals surface area (Å²) in [7, 11) is 0.211. The van der Waals surface area contributed by atoms with Gasteiger partial charge >= 0.3 is 0 Å². The zero-order valence-corrected chi connectivity index (χ0v) is 15.8. The van der Waals surface area contributed by atoms with Crippen LogP contribution in [-0.2, 0) is 14.8 Å². The molecule has 1 aliphatic heterocycles. The summed E-state index contributed by atoms with van der Waals surface area (Å²) in [6.45, 7) is 4.44. The molecule has 1 saturated heterocycles. The number of nitrogens with two attached hydrogens (primary N) is 1. The number of primary amides is 1. The average molecular weight is 362 g/mol. The first-order chi connectivity index (χ1) is 11.3. The number of guanidine groups is 1. The lowest BCUT2D eigenvalue weighted by Gasteiger charge is -2.34. The normalized spacial score (nSPS) is 19.6. The van der Waals surface area contributed by atoms with Crippen LogP contribution in [0.15, 0.2) is 4.99 Å². The van der Waals surface area contributed by atoms with E-state index in [2.05, 4.69) is 15.2 Å². The van der Waals surface area contributed by atoms with E-state index < -0.39 is 10.0 Å². The topological polar surface area (TPSA) is 108 Å². The molecule has 140 valence electrons. The molecular weight excluding hydrogens is 330 g/mol. The van der Waals surface area contributed by atoms with E-state index in [-0.39, 0.29) is 17.6 Å². The molecule has 0 bridgehead atoms. The van der Waals surface area contributed by atoms with Gasteiger partial charge in [0, 0.05) is 46.7 Å². The molecule has 1 aliphatic rings. The van der Waals surface area contributed by atoms with Gasteiger partial charge in [0.25, 0.3) is 0 Å². The summed E-state index contributed by atoms with van der Waals surface area (Å²) in [4.78, 5) is 17.5. The van der Waals surface area contributed by atoms with Crippen LogP contribution in [0.2, 0.25) is 0 Å².